The molecule has 2 aromatic rings. The summed E-state index contributed by atoms with van der Waals surface area (Å²) in [4.78, 5) is 21.0. The van der Waals surface area contributed by atoms with Gasteiger partial charge in [0.1, 0.15) is 17.3 Å². The number of aromatic nitrogens is 3. The van der Waals surface area contributed by atoms with Crippen molar-refractivity contribution in [2.24, 2.45) is 0 Å². The molecule has 0 atom stereocenters. The number of carbonyl (C=O) groups is 1. The third kappa shape index (κ3) is 4.93. The molecule has 0 fully saturated rings. The second kappa shape index (κ2) is 7.71. The Morgan fingerprint density at radius 3 is 2.54 bits per heavy atom. The van der Waals surface area contributed by atoms with Crippen molar-refractivity contribution in [3.63, 3.8) is 0 Å². The number of amides is 2. The molecule has 10 heteroatoms. The number of rotatable bonds is 5. The van der Waals surface area contributed by atoms with Gasteiger partial charge in [0.05, 0.1) is 12.2 Å². The number of urea groups is 1. The molecular weight excluding hydrogens is 351 g/mol. The van der Waals surface area contributed by atoms with E-state index in [0.29, 0.717) is 18.0 Å². The van der Waals surface area contributed by atoms with Crippen LogP contribution in [0.2, 0.25) is 0 Å². The van der Waals surface area contributed by atoms with Crippen molar-refractivity contribution in [2.45, 2.75) is 39.9 Å². The summed E-state index contributed by atoms with van der Waals surface area (Å²) >= 11 is 0. The van der Waals surface area contributed by atoms with E-state index in [9.17, 15) is 18.0 Å². The smallest absolute Gasteiger partial charge is 0.361 e. The molecule has 0 spiro atoms. The lowest BCUT2D eigenvalue weighted by atomic mass is 10.2. The number of alkyl halides is 3. The standard InChI is InChI=1S/C16H20F3N5O2/c1-9-7-13(16(17,18)19)22-14(21-9)5-6-20-15(25)24(4)8-12-10(2)23-26-11(12)3/h7H,5-6,8H2,1-4H3,(H,20,25). The van der Waals surface area contributed by atoms with Gasteiger partial charge in [-0.05, 0) is 26.8 Å². The van der Waals surface area contributed by atoms with Gasteiger partial charge in [0.2, 0.25) is 0 Å². The first-order chi connectivity index (χ1) is 12.1. The van der Waals surface area contributed by atoms with Crippen LogP contribution in [-0.4, -0.2) is 39.6 Å². The van der Waals surface area contributed by atoms with E-state index in [1.54, 1.807) is 20.9 Å². The molecule has 0 aliphatic carbocycles. The number of hydrogen-bond donors (Lipinski definition) is 1. The molecule has 0 saturated carbocycles. The van der Waals surface area contributed by atoms with Gasteiger partial charge in [-0.25, -0.2) is 14.8 Å². The molecule has 0 aliphatic heterocycles. The summed E-state index contributed by atoms with van der Waals surface area (Å²) in [6, 6.07) is 0.521. The largest absolute Gasteiger partial charge is 0.433 e. The van der Waals surface area contributed by atoms with Gasteiger partial charge in [0.25, 0.3) is 0 Å². The summed E-state index contributed by atoms with van der Waals surface area (Å²) in [5.41, 5.74) is 0.764. The molecule has 0 unspecified atom stereocenters. The second-order valence-electron chi connectivity index (χ2n) is 5.95. The monoisotopic (exact) mass is 371 g/mol. The molecule has 142 valence electrons. The normalized spacial score (nSPS) is 11.5. The van der Waals surface area contributed by atoms with Crippen molar-refractivity contribution in [2.75, 3.05) is 13.6 Å². The minimum absolute atomic E-state index is 0.0333. The molecule has 26 heavy (non-hydrogen) atoms. The number of nitrogens with zero attached hydrogens (tertiary/aromatic N) is 4. The van der Waals surface area contributed by atoms with Crippen LogP contribution in [0.4, 0.5) is 18.0 Å². The van der Waals surface area contributed by atoms with Gasteiger partial charge < -0.3 is 14.7 Å². The highest BCUT2D eigenvalue weighted by molar-refractivity contribution is 5.73. The van der Waals surface area contributed by atoms with Crippen LogP contribution in [0.15, 0.2) is 10.6 Å². The van der Waals surface area contributed by atoms with Crippen molar-refractivity contribution in [3.8, 4) is 0 Å². The zero-order valence-corrected chi connectivity index (χ0v) is 14.9. The SMILES string of the molecule is Cc1cc(C(F)(F)F)nc(CCNC(=O)N(C)Cc2c(C)noc2C)n1. The highest BCUT2D eigenvalue weighted by Gasteiger charge is 2.33. The zero-order valence-electron chi connectivity index (χ0n) is 14.9. The first-order valence-electron chi connectivity index (χ1n) is 7.90. The molecule has 2 heterocycles. The summed E-state index contributed by atoms with van der Waals surface area (Å²) in [7, 11) is 1.60. The predicted molar refractivity (Wildman–Crippen MR) is 86.3 cm³/mol. The van der Waals surface area contributed by atoms with E-state index < -0.39 is 11.9 Å². The van der Waals surface area contributed by atoms with Crippen LogP contribution in [0.25, 0.3) is 0 Å². The van der Waals surface area contributed by atoms with E-state index >= 15 is 0 Å². The predicted octanol–water partition coefficient (Wildman–Crippen LogP) is 2.79. The molecule has 1 N–H and O–H groups in total. The van der Waals surface area contributed by atoms with Gasteiger partial charge in [0, 0.05) is 31.3 Å². The Hall–Kier alpha value is -2.65. The summed E-state index contributed by atoms with van der Waals surface area (Å²) in [6.07, 6.45) is -4.43. The van der Waals surface area contributed by atoms with Crippen molar-refractivity contribution in [3.05, 3.63) is 40.3 Å². The molecule has 0 aliphatic rings. The second-order valence-corrected chi connectivity index (χ2v) is 5.95. The Morgan fingerprint density at radius 2 is 1.96 bits per heavy atom. The van der Waals surface area contributed by atoms with Crippen LogP contribution in [0, 0.1) is 20.8 Å². The maximum absolute atomic E-state index is 12.8. The van der Waals surface area contributed by atoms with E-state index in [1.165, 1.54) is 11.8 Å². The molecule has 0 bridgehead atoms. The Kier molecular flexibility index (Phi) is 5.83. The molecular formula is C16H20F3N5O2. The van der Waals surface area contributed by atoms with E-state index in [4.69, 9.17) is 4.52 Å². The van der Waals surface area contributed by atoms with E-state index in [2.05, 4.69) is 20.4 Å². The van der Waals surface area contributed by atoms with Gasteiger partial charge >= 0.3 is 12.2 Å². The quantitative estimate of drug-likeness (QED) is 0.874. The molecule has 0 aromatic carbocycles. The molecule has 7 nitrogen and oxygen atoms in total. The van der Waals surface area contributed by atoms with E-state index in [-0.39, 0.29) is 30.5 Å². The molecule has 2 aromatic heterocycles. The van der Waals surface area contributed by atoms with Gasteiger partial charge in [-0.15, -0.1) is 0 Å². The molecule has 2 rings (SSSR count). The average Bonchev–Trinajstić information content (AvgIpc) is 2.85. The summed E-state index contributed by atoms with van der Waals surface area (Å²) < 4.78 is 43.4. The van der Waals surface area contributed by atoms with Gasteiger partial charge in [-0.2, -0.15) is 13.2 Å². The molecule has 0 radical (unpaired) electrons. The minimum atomic E-state index is -4.53. The third-order valence-corrected chi connectivity index (χ3v) is 3.74. The van der Waals surface area contributed by atoms with Gasteiger partial charge in [-0.3, -0.25) is 0 Å². The number of halogens is 3. The van der Waals surface area contributed by atoms with E-state index in [0.717, 1.165) is 11.6 Å². The van der Waals surface area contributed by atoms with Gasteiger partial charge in [-0.1, -0.05) is 5.16 Å². The fourth-order valence-electron chi connectivity index (χ4n) is 2.34. The topological polar surface area (TPSA) is 84.2 Å². The zero-order chi connectivity index (χ0) is 19.5. The summed E-state index contributed by atoms with van der Waals surface area (Å²) in [6.45, 7) is 5.44. The van der Waals surface area contributed by atoms with Crippen molar-refractivity contribution < 1.29 is 22.5 Å². The van der Waals surface area contributed by atoms with Crippen molar-refractivity contribution >= 4 is 6.03 Å². The van der Waals surface area contributed by atoms with Crippen LogP contribution >= 0.6 is 0 Å². The lowest BCUT2D eigenvalue weighted by molar-refractivity contribution is -0.141. The lowest BCUT2D eigenvalue weighted by Gasteiger charge is -2.17. The van der Waals surface area contributed by atoms with Crippen LogP contribution in [0.3, 0.4) is 0 Å². The number of aryl methyl sites for hydroxylation is 3. The maximum atomic E-state index is 12.8. The van der Waals surface area contributed by atoms with Crippen LogP contribution in [0.5, 0.6) is 0 Å². The van der Waals surface area contributed by atoms with Crippen LogP contribution in [-0.2, 0) is 19.1 Å². The molecule has 0 saturated heterocycles. The van der Waals surface area contributed by atoms with Crippen molar-refractivity contribution in [1.82, 2.24) is 25.3 Å². The number of hydrogen-bond acceptors (Lipinski definition) is 5. The third-order valence-electron chi connectivity index (χ3n) is 3.74. The minimum Gasteiger partial charge on any atom is -0.361 e. The Labute approximate surface area is 148 Å². The summed E-state index contributed by atoms with van der Waals surface area (Å²) in [5, 5.41) is 6.46. The number of carbonyl (C=O) groups excluding carboxylic acids is 1. The van der Waals surface area contributed by atoms with Crippen LogP contribution < -0.4 is 5.32 Å². The highest BCUT2D eigenvalue weighted by atomic mass is 19.4. The summed E-state index contributed by atoms with van der Waals surface area (Å²) in [5.74, 6) is 0.668. The first kappa shape index (κ1) is 19.7. The van der Waals surface area contributed by atoms with Crippen molar-refractivity contribution in [1.29, 1.82) is 0 Å². The fraction of sp³-hybridized carbons (Fsp3) is 0.500. The maximum Gasteiger partial charge on any atom is 0.433 e. The molecule has 2 amide bonds. The van der Waals surface area contributed by atoms with E-state index in [1.807, 2.05) is 0 Å². The van der Waals surface area contributed by atoms with Gasteiger partial charge in [0.15, 0.2) is 0 Å². The average molecular weight is 371 g/mol. The fourth-order valence-corrected chi connectivity index (χ4v) is 2.34. The highest BCUT2D eigenvalue weighted by Crippen LogP contribution is 2.27. The lowest BCUT2D eigenvalue weighted by Crippen LogP contribution is -2.38. The Balaban J connectivity index is 1.91. The van der Waals surface area contributed by atoms with Crippen LogP contribution in [0.1, 0.15) is 34.2 Å². The Bertz CT molecular complexity index is 769. The Morgan fingerprint density at radius 1 is 1.27 bits per heavy atom. The number of nitrogens with one attached hydrogen (secondary N) is 1. The first-order valence-corrected chi connectivity index (χ1v) is 7.90.